The van der Waals surface area contributed by atoms with Crippen molar-refractivity contribution in [3.05, 3.63) is 29.3 Å². The Bertz CT molecular complexity index is 445. The molecule has 1 rings (SSSR count). The van der Waals surface area contributed by atoms with Gasteiger partial charge in [-0.05, 0) is 44.0 Å². The van der Waals surface area contributed by atoms with E-state index in [4.69, 9.17) is 9.84 Å². The molecular weight excluding hydrogens is 254 g/mol. The summed E-state index contributed by atoms with van der Waals surface area (Å²) in [5, 5.41) is 12.5. The summed E-state index contributed by atoms with van der Waals surface area (Å²) in [5.41, 5.74) is 2.15. The maximum absolute atomic E-state index is 11.1. The maximum atomic E-state index is 11.1. The third kappa shape index (κ3) is 4.53. The molecule has 0 saturated carbocycles. The number of hydrogen-bond donors (Lipinski definition) is 2. The highest BCUT2D eigenvalue weighted by atomic mass is 16.5. The molecule has 1 aromatic carbocycles. The average Bonchev–Trinajstić information content (AvgIpc) is 2.40. The van der Waals surface area contributed by atoms with Gasteiger partial charge in [0.25, 0.3) is 0 Å². The molecule has 0 radical (unpaired) electrons. The molecule has 0 heterocycles. The Morgan fingerprint density at radius 3 is 2.60 bits per heavy atom. The first kappa shape index (κ1) is 16.5. The second-order valence-corrected chi connectivity index (χ2v) is 5.04. The van der Waals surface area contributed by atoms with Gasteiger partial charge in [0.1, 0.15) is 5.75 Å². The van der Waals surface area contributed by atoms with Crippen molar-refractivity contribution in [1.82, 2.24) is 5.32 Å². The third-order valence-electron chi connectivity index (χ3n) is 3.30. The topological polar surface area (TPSA) is 58.6 Å². The number of benzene rings is 1. The van der Waals surface area contributed by atoms with Crippen molar-refractivity contribution in [3.63, 3.8) is 0 Å². The van der Waals surface area contributed by atoms with Gasteiger partial charge in [0, 0.05) is 6.04 Å². The van der Waals surface area contributed by atoms with E-state index < -0.39 is 12.1 Å². The number of aliphatic carboxylic acids is 1. The smallest absolute Gasteiger partial charge is 0.344 e. The van der Waals surface area contributed by atoms with Crippen molar-refractivity contribution in [3.8, 4) is 5.75 Å². The molecule has 0 bridgehead atoms. The van der Waals surface area contributed by atoms with Crippen LogP contribution in [0.3, 0.4) is 0 Å². The minimum Gasteiger partial charge on any atom is -0.479 e. The number of ether oxygens (including phenoxy) is 1. The third-order valence-corrected chi connectivity index (χ3v) is 3.30. The molecule has 1 aromatic rings. The van der Waals surface area contributed by atoms with Gasteiger partial charge in [0.15, 0.2) is 6.10 Å². The predicted octanol–water partition coefficient (Wildman–Crippen LogP) is 3.30. The van der Waals surface area contributed by atoms with E-state index in [0.29, 0.717) is 12.2 Å². The zero-order valence-corrected chi connectivity index (χ0v) is 12.8. The second kappa shape index (κ2) is 7.90. The Labute approximate surface area is 121 Å². The van der Waals surface area contributed by atoms with Crippen LogP contribution in [0.25, 0.3) is 0 Å². The first-order valence-electron chi connectivity index (χ1n) is 7.22. The minimum atomic E-state index is -0.906. The molecular formula is C16H25NO3. The molecule has 112 valence electrons. The van der Waals surface area contributed by atoms with Crippen LogP contribution in [0, 0.1) is 6.92 Å². The van der Waals surface area contributed by atoms with Gasteiger partial charge in [0.05, 0.1) is 0 Å². The van der Waals surface area contributed by atoms with Gasteiger partial charge in [-0.1, -0.05) is 32.4 Å². The lowest BCUT2D eigenvalue weighted by atomic mass is 10.0. The van der Waals surface area contributed by atoms with Gasteiger partial charge in [-0.15, -0.1) is 0 Å². The number of rotatable bonds is 8. The van der Waals surface area contributed by atoms with Gasteiger partial charge in [-0.3, -0.25) is 0 Å². The average molecular weight is 279 g/mol. The number of hydrogen-bond acceptors (Lipinski definition) is 3. The monoisotopic (exact) mass is 279 g/mol. The van der Waals surface area contributed by atoms with Crippen molar-refractivity contribution < 1.29 is 14.6 Å². The maximum Gasteiger partial charge on any atom is 0.344 e. The summed E-state index contributed by atoms with van der Waals surface area (Å²) in [6.07, 6.45) is 0.534. The highest BCUT2D eigenvalue weighted by Crippen LogP contribution is 2.24. The standard InChI is InChI=1S/C16H25NO3/c1-5-7-15(16(18)19)20-14-9-8-13(10-11(14)3)12(4)17-6-2/h8-10,12,15,17H,5-7H2,1-4H3,(H,18,19). The molecule has 20 heavy (non-hydrogen) atoms. The van der Waals surface area contributed by atoms with Crippen LogP contribution in [0.2, 0.25) is 0 Å². The highest BCUT2D eigenvalue weighted by Gasteiger charge is 2.19. The lowest BCUT2D eigenvalue weighted by Crippen LogP contribution is -2.27. The molecule has 0 saturated heterocycles. The fourth-order valence-electron chi connectivity index (χ4n) is 2.15. The fourth-order valence-corrected chi connectivity index (χ4v) is 2.15. The molecule has 4 nitrogen and oxygen atoms in total. The van der Waals surface area contributed by atoms with Crippen LogP contribution in [0.1, 0.15) is 50.8 Å². The Balaban J connectivity index is 2.84. The minimum absolute atomic E-state index is 0.277. The summed E-state index contributed by atoms with van der Waals surface area (Å²) < 4.78 is 5.62. The van der Waals surface area contributed by atoms with E-state index in [9.17, 15) is 4.79 Å². The molecule has 0 spiro atoms. The Kier molecular flexibility index (Phi) is 6.52. The van der Waals surface area contributed by atoms with Crippen LogP contribution >= 0.6 is 0 Å². The van der Waals surface area contributed by atoms with Gasteiger partial charge < -0.3 is 15.2 Å². The summed E-state index contributed by atoms with van der Waals surface area (Å²) in [4.78, 5) is 11.1. The van der Waals surface area contributed by atoms with Crippen molar-refractivity contribution in [2.75, 3.05) is 6.54 Å². The molecule has 0 aliphatic rings. The SMILES string of the molecule is CCCC(Oc1ccc(C(C)NCC)cc1C)C(=O)O. The number of carboxylic acids is 1. The lowest BCUT2D eigenvalue weighted by Gasteiger charge is -2.18. The number of aryl methyl sites for hydroxylation is 1. The largest absolute Gasteiger partial charge is 0.479 e. The summed E-state index contributed by atoms with van der Waals surface area (Å²) in [5.74, 6) is -0.255. The van der Waals surface area contributed by atoms with Crippen molar-refractivity contribution >= 4 is 5.97 Å². The van der Waals surface area contributed by atoms with Crippen molar-refractivity contribution in [1.29, 1.82) is 0 Å². The number of carboxylic acid groups (broad SMARTS) is 1. The van der Waals surface area contributed by atoms with E-state index in [0.717, 1.165) is 18.5 Å². The molecule has 0 aromatic heterocycles. The summed E-state index contributed by atoms with van der Waals surface area (Å²) in [6, 6.07) is 6.18. The summed E-state index contributed by atoms with van der Waals surface area (Å²) in [6.45, 7) is 8.99. The van der Waals surface area contributed by atoms with E-state index in [1.165, 1.54) is 5.56 Å². The number of nitrogens with one attached hydrogen (secondary N) is 1. The second-order valence-electron chi connectivity index (χ2n) is 5.04. The fraction of sp³-hybridized carbons (Fsp3) is 0.562. The zero-order valence-electron chi connectivity index (χ0n) is 12.8. The van der Waals surface area contributed by atoms with Crippen LogP contribution in [-0.4, -0.2) is 23.7 Å². The molecule has 2 unspecified atom stereocenters. The van der Waals surface area contributed by atoms with Gasteiger partial charge in [0.2, 0.25) is 0 Å². The summed E-state index contributed by atoms with van der Waals surface area (Å²) >= 11 is 0. The van der Waals surface area contributed by atoms with Gasteiger partial charge >= 0.3 is 5.97 Å². The van der Waals surface area contributed by atoms with Crippen molar-refractivity contribution in [2.45, 2.75) is 52.7 Å². The van der Waals surface area contributed by atoms with Crippen molar-refractivity contribution in [2.24, 2.45) is 0 Å². The molecule has 0 fully saturated rings. The molecule has 0 aliphatic carbocycles. The molecule has 0 aliphatic heterocycles. The molecule has 2 N–H and O–H groups in total. The van der Waals surface area contributed by atoms with E-state index in [1.54, 1.807) is 0 Å². The molecule has 2 atom stereocenters. The van der Waals surface area contributed by atoms with Crippen LogP contribution < -0.4 is 10.1 Å². The first-order chi connectivity index (χ1) is 9.49. The van der Waals surface area contributed by atoms with Gasteiger partial charge in [-0.2, -0.15) is 0 Å². The summed E-state index contributed by atoms with van der Waals surface area (Å²) in [7, 11) is 0. The predicted molar refractivity (Wildman–Crippen MR) is 80.2 cm³/mol. The van der Waals surface area contributed by atoms with Gasteiger partial charge in [-0.25, -0.2) is 4.79 Å². The van der Waals surface area contributed by atoms with E-state index in [-0.39, 0.29) is 6.04 Å². The van der Waals surface area contributed by atoms with Crippen LogP contribution in [-0.2, 0) is 4.79 Å². The lowest BCUT2D eigenvalue weighted by molar-refractivity contribution is -0.145. The van der Waals surface area contributed by atoms with Crippen LogP contribution in [0.4, 0.5) is 0 Å². The molecule has 0 amide bonds. The quantitative estimate of drug-likeness (QED) is 0.766. The van der Waals surface area contributed by atoms with E-state index in [1.807, 2.05) is 32.0 Å². The van der Waals surface area contributed by atoms with E-state index >= 15 is 0 Å². The van der Waals surface area contributed by atoms with Crippen LogP contribution in [0.5, 0.6) is 5.75 Å². The Morgan fingerprint density at radius 2 is 2.10 bits per heavy atom. The Morgan fingerprint density at radius 1 is 1.40 bits per heavy atom. The highest BCUT2D eigenvalue weighted by molar-refractivity contribution is 5.72. The zero-order chi connectivity index (χ0) is 15.1. The Hall–Kier alpha value is -1.55. The first-order valence-corrected chi connectivity index (χ1v) is 7.22. The number of carbonyl (C=O) groups is 1. The van der Waals surface area contributed by atoms with Crippen LogP contribution in [0.15, 0.2) is 18.2 Å². The normalized spacial score (nSPS) is 13.8. The molecule has 4 heteroatoms. The van der Waals surface area contributed by atoms with E-state index in [2.05, 4.69) is 19.2 Å².